The summed E-state index contributed by atoms with van der Waals surface area (Å²) in [6, 6.07) is 7.59. The molecule has 2 rings (SSSR count). The van der Waals surface area contributed by atoms with Gasteiger partial charge in [0.2, 0.25) is 0 Å². The van der Waals surface area contributed by atoms with E-state index in [0.717, 1.165) is 30.4 Å². The van der Waals surface area contributed by atoms with Crippen molar-refractivity contribution in [2.75, 3.05) is 0 Å². The van der Waals surface area contributed by atoms with Gasteiger partial charge < -0.3 is 5.11 Å². The van der Waals surface area contributed by atoms with Crippen LogP contribution in [0.25, 0.3) is 6.08 Å². The van der Waals surface area contributed by atoms with Crippen molar-refractivity contribution in [2.24, 2.45) is 5.92 Å². The number of aryl methyl sites for hydroxylation is 1. The molecule has 92 valence electrons. The molecule has 0 aromatic heterocycles. The fraction of sp³-hybridized carbons (Fsp3) is 0.333. The topological polar surface area (TPSA) is 61.1 Å². The lowest BCUT2D eigenvalue weighted by Crippen LogP contribution is -2.12. The van der Waals surface area contributed by atoms with Crippen LogP contribution in [-0.2, 0) is 11.2 Å². The molecular formula is C15H15NO2. The van der Waals surface area contributed by atoms with Crippen LogP contribution in [0.5, 0.6) is 0 Å². The molecular weight excluding hydrogens is 226 g/mol. The molecule has 18 heavy (non-hydrogen) atoms. The summed E-state index contributed by atoms with van der Waals surface area (Å²) in [5.74, 6) is -0.806. The Kier molecular flexibility index (Phi) is 3.47. The van der Waals surface area contributed by atoms with E-state index in [-0.39, 0.29) is 5.92 Å². The first kappa shape index (κ1) is 12.4. The first-order valence-corrected chi connectivity index (χ1v) is 6.09. The second-order valence-electron chi connectivity index (χ2n) is 4.72. The van der Waals surface area contributed by atoms with Crippen LogP contribution in [0.15, 0.2) is 23.8 Å². The van der Waals surface area contributed by atoms with E-state index in [4.69, 9.17) is 5.26 Å². The second-order valence-corrected chi connectivity index (χ2v) is 4.72. The van der Waals surface area contributed by atoms with Gasteiger partial charge in [0.25, 0.3) is 0 Å². The average molecular weight is 241 g/mol. The maximum absolute atomic E-state index is 11.3. The van der Waals surface area contributed by atoms with Crippen LogP contribution in [0.1, 0.15) is 36.5 Å². The van der Waals surface area contributed by atoms with Crippen molar-refractivity contribution < 1.29 is 9.90 Å². The number of hydrogen-bond donors (Lipinski definition) is 1. The van der Waals surface area contributed by atoms with Crippen LogP contribution < -0.4 is 0 Å². The highest BCUT2D eigenvalue weighted by molar-refractivity contribution is 5.93. The first-order valence-electron chi connectivity index (χ1n) is 6.09. The van der Waals surface area contributed by atoms with Gasteiger partial charge in [-0.25, -0.2) is 4.79 Å². The van der Waals surface area contributed by atoms with Crippen molar-refractivity contribution >= 4 is 12.0 Å². The summed E-state index contributed by atoms with van der Waals surface area (Å²) in [5.41, 5.74) is 3.01. The molecule has 0 heterocycles. The molecule has 0 fully saturated rings. The van der Waals surface area contributed by atoms with Gasteiger partial charge >= 0.3 is 5.97 Å². The molecule has 0 aliphatic heterocycles. The summed E-state index contributed by atoms with van der Waals surface area (Å²) in [6.07, 6.45) is 4.53. The predicted octanol–water partition coefficient (Wildman–Crippen LogP) is 3.00. The van der Waals surface area contributed by atoms with E-state index >= 15 is 0 Å². The van der Waals surface area contributed by atoms with Crippen LogP contribution in [0.3, 0.4) is 0 Å². The molecule has 1 atom stereocenters. The van der Waals surface area contributed by atoms with E-state index in [1.165, 1.54) is 0 Å². The van der Waals surface area contributed by atoms with Gasteiger partial charge in [-0.2, -0.15) is 5.26 Å². The maximum atomic E-state index is 11.3. The van der Waals surface area contributed by atoms with Gasteiger partial charge in [0.15, 0.2) is 0 Å². The summed E-state index contributed by atoms with van der Waals surface area (Å²) in [4.78, 5) is 11.3. The van der Waals surface area contributed by atoms with E-state index in [9.17, 15) is 9.90 Å². The SMILES string of the molecule is CC1CCCc2ccc(C#N)cc2C=C1C(=O)O. The summed E-state index contributed by atoms with van der Waals surface area (Å²) in [5, 5.41) is 18.1. The molecule has 0 bridgehead atoms. The molecule has 0 radical (unpaired) electrons. The standard InChI is InChI=1S/C15H15NO2/c1-10-3-2-4-12-6-5-11(9-16)7-13(12)8-14(10)15(17)18/h5-8,10H,2-4H2,1H3,(H,17,18). The lowest BCUT2D eigenvalue weighted by molar-refractivity contribution is -0.133. The Labute approximate surface area is 106 Å². The Balaban J connectivity index is 2.55. The molecule has 1 aromatic carbocycles. The van der Waals surface area contributed by atoms with Crippen molar-refractivity contribution in [3.8, 4) is 6.07 Å². The minimum Gasteiger partial charge on any atom is -0.478 e. The van der Waals surface area contributed by atoms with Gasteiger partial charge in [0.05, 0.1) is 11.6 Å². The first-order chi connectivity index (χ1) is 8.61. The largest absolute Gasteiger partial charge is 0.478 e. The lowest BCUT2D eigenvalue weighted by Gasteiger charge is -2.17. The highest BCUT2D eigenvalue weighted by Gasteiger charge is 2.19. The molecule has 1 N–H and O–H groups in total. The molecule has 1 unspecified atom stereocenters. The molecule has 0 saturated carbocycles. The number of aliphatic carboxylic acids is 1. The number of carbonyl (C=O) groups is 1. The number of hydrogen-bond acceptors (Lipinski definition) is 2. The predicted molar refractivity (Wildman–Crippen MR) is 68.9 cm³/mol. The molecule has 0 amide bonds. The van der Waals surface area contributed by atoms with E-state index < -0.39 is 5.97 Å². The number of nitriles is 1. The number of nitrogens with zero attached hydrogens (tertiary/aromatic N) is 1. The minimum atomic E-state index is -0.863. The Morgan fingerprint density at radius 1 is 1.50 bits per heavy atom. The van der Waals surface area contributed by atoms with Gasteiger partial charge in [-0.3, -0.25) is 0 Å². The average Bonchev–Trinajstić information content (AvgIpc) is 2.34. The molecule has 1 aliphatic rings. The third-order valence-electron chi connectivity index (χ3n) is 3.45. The third-order valence-corrected chi connectivity index (χ3v) is 3.45. The van der Waals surface area contributed by atoms with Gasteiger partial charge in [-0.05, 0) is 54.5 Å². The maximum Gasteiger partial charge on any atom is 0.331 e. The number of benzene rings is 1. The van der Waals surface area contributed by atoms with Crippen molar-refractivity contribution in [1.82, 2.24) is 0 Å². The van der Waals surface area contributed by atoms with E-state index in [2.05, 4.69) is 6.07 Å². The molecule has 1 aliphatic carbocycles. The molecule has 1 aromatic rings. The normalized spacial score (nSPS) is 18.9. The zero-order valence-corrected chi connectivity index (χ0v) is 10.3. The summed E-state index contributed by atoms with van der Waals surface area (Å²) in [6.45, 7) is 1.94. The summed E-state index contributed by atoms with van der Waals surface area (Å²) >= 11 is 0. The summed E-state index contributed by atoms with van der Waals surface area (Å²) in [7, 11) is 0. The van der Waals surface area contributed by atoms with Gasteiger partial charge in [0.1, 0.15) is 0 Å². The van der Waals surface area contributed by atoms with Crippen molar-refractivity contribution in [2.45, 2.75) is 26.2 Å². The fourth-order valence-corrected chi connectivity index (χ4v) is 2.36. The fourth-order valence-electron chi connectivity index (χ4n) is 2.36. The molecule has 3 heteroatoms. The summed E-state index contributed by atoms with van der Waals surface area (Å²) < 4.78 is 0. The van der Waals surface area contributed by atoms with E-state index in [1.807, 2.05) is 13.0 Å². The molecule has 3 nitrogen and oxygen atoms in total. The monoisotopic (exact) mass is 241 g/mol. The van der Waals surface area contributed by atoms with Crippen molar-refractivity contribution in [3.63, 3.8) is 0 Å². The number of carboxylic acids is 1. The van der Waals surface area contributed by atoms with E-state index in [1.54, 1.807) is 18.2 Å². The van der Waals surface area contributed by atoms with Gasteiger partial charge in [-0.15, -0.1) is 0 Å². The minimum absolute atomic E-state index is 0.0568. The number of fused-ring (bicyclic) bond motifs is 1. The smallest absolute Gasteiger partial charge is 0.331 e. The van der Waals surface area contributed by atoms with Crippen molar-refractivity contribution in [3.05, 3.63) is 40.5 Å². The Hall–Kier alpha value is -2.08. The Bertz CT molecular complexity index is 552. The number of rotatable bonds is 1. The Morgan fingerprint density at radius 3 is 2.94 bits per heavy atom. The molecule has 0 spiro atoms. The van der Waals surface area contributed by atoms with Crippen LogP contribution >= 0.6 is 0 Å². The van der Waals surface area contributed by atoms with Gasteiger partial charge in [-0.1, -0.05) is 13.0 Å². The zero-order chi connectivity index (χ0) is 13.1. The zero-order valence-electron chi connectivity index (χ0n) is 10.3. The Morgan fingerprint density at radius 2 is 2.28 bits per heavy atom. The van der Waals surface area contributed by atoms with Crippen LogP contribution in [-0.4, -0.2) is 11.1 Å². The highest BCUT2D eigenvalue weighted by Crippen LogP contribution is 2.27. The van der Waals surface area contributed by atoms with Gasteiger partial charge in [0, 0.05) is 5.57 Å². The quantitative estimate of drug-likeness (QED) is 0.822. The van der Waals surface area contributed by atoms with Crippen LogP contribution in [0.4, 0.5) is 0 Å². The number of carboxylic acid groups (broad SMARTS) is 1. The highest BCUT2D eigenvalue weighted by atomic mass is 16.4. The van der Waals surface area contributed by atoms with Crippen LogP contribution in [0, 0.1) is 17.2 Å². The van der Waals surface area contributed by atoms with Crippen LogP contribution in [0.2, 0.25) is 0 Å². The molecule has 0 saturated heterocycles. The lowest BCUT2D eigenvalue weighted by atomic mass is 9.87. The third kappa shape index (κ3) is 2.43. The van der Waals surface area contributed by atoms with E-state index in [0.29, 0.717) is 11.1 Å². The van der Waals surface area contributed by atoms with Crippen molar-refractivity contribution in [1.29, 1.82) is 5.26 Å². The second kappa shape index (κ2) is 5.05.